The highest BCUT2D eigenvalue weighted by atomic mass is 32.1. The van der Waals surface area contributed by atoms with Crippen LogP contribution in [0.3, 0.4) is 0 Å². The number of guanidine groups is 1. The molecule has 28 heavy (non-hydrogen) atoms. The first-order valence-electron chi connectivity index (χ1n) is 9.02. The summed E-state index contributed by atoms with van der Waals surface area (Å²) in [5.74, 6) is 5.93. The van der Waals surface area contributed by atoms with Crippen LogP contribution in [0.15, 0.2) is 36.4 Å². The third-order valence-electron chi connectivity index (χ3n) is 5.54. The molecule has 1 saturated heterocycles. The van der Waals surface area contributed by atoms with Crippen molar-refractivity contribution in [2.45, 2.75) is 25.8 Å². The molecule has 0 unspecified atom stereocenters. The molecule has 0 bridgehead atoms. The molecule has 2 aromatic carbocycles. The third-order valence-corrected chi connectivity index (χ3v) is 6.69. The molecule has 1 aliphatic heterocycles. The summed E-state index contributed by atoms with van der Waals surface area (Å²) in [6.07, 6.45) is 0.201. The van der Waals surface area contributed by atoms with E-state index in [0.717, 1.165) is 26.6 Å². The van der Waals surface area contributed by atoms with Crippen LogP contribution in [0.5, 0.6) is 0 Å². The van der Waals surface area contributed by atoms with Crippen molar-refractivity contribution in [3.05, 3.63) is 47.5 Å². The maximum atomic E-state index is 12.5. The lowest BCUT2D eigenvalue weighted by Gasteiger charge is -2.47. The van der Waals surface area contributed by atoms with E-state index in [1.807, 2.05) is 26.0 Å². The van der Waals surface area contributed by atoms with Crippen molar-refractivity contribution >= 4 is 43.4 Å². The topological polar surface area (TPSA) is 67.6 Å². The highest BCUT2D eigenvalue weighted by Crippen LogP contribution is 2.41. The molecule has 1 fully saturated rings. The smallest absolute Gasteiger partial charge is 0.231 e. The molecule has 1 amide bonds. The van der Waals surface area contributed by atoms with Gasteiger partial charge in [-0.15, -0.1) is 17.3 Å². The zero-order valence-electron chi connectivity index (χ0n) is 16.0. The zero-order valence-corrected chi connectivity index (χ0v) is 16.9. The lowest BCUT2D eigenvalue weighted by Crippen LogP contribution is -2.60. The summed E-state index contributed by atoms with van der Waals surface area (Å²) in [4.78, 5) is 15.3. The number of rotatable bonds is 2. The van der Waals surface area contributed by atoms with Gasteiger partial charge in [0.2, 0.25) is 11.9 Å². The molecule has 142 valence electrons. The molecule has 1 atom stereocenters. The number of carbonyl (C=O) groups excluding carboxylic acids is 1. The van der Waals surface area contributed by atoms with Gasteiger partial charge in [-0.25, -0.2) is 0 Å². The Kier molecular flexibility index (Phi) is 4.37. The van der Waals surface area contributed by atoms with E-state index in [1.54, 1.807) is 23.3 Å². The normalized spacial score (nSPS) is 20.0. The SMILES string of the molecule is CC#Cc1ccc2sc3ccc([C@]4(C)CC(=O)N(C)C(=N)N4CO)cc3c2c1. The molecule has 1 aliphatic rings. The first-order chi connectivity index (χ1) is 13.4. The Balaban J connectivity index is 1.91. The third kappa shape index (κ3) is 2.67. The van der Waals surface area contributed by atoms with E-state index in [0.29, 0.717) is 0 Å². The monoisotopic (exact) mass is 391 g/mol. The van der Waals surface area contributed by atoms with E-state index in [4.69, 9.17) is 5.41 Å². The Labute approximate surface area is 167 Å². The number of fused-ring (bicyclic) bond motifs is 3. The predicted octanol–water partition coefficient (Wildman–Crippen LogP) is 3.69. The number of nitrogens with zero attached hydrogens (tertiary/aromatic N) is 2. The highest BCUT2D eigenvalue weighted by molar-refractivity contribution is 7.25. The molecule has 2 N–H and O–H groups in total. The van der Waals surface area contributed by atoms with Gasteiger partial charge in [-0.3, -0.25) is 15.1 Å². The van der Waals surface area contributed by atoms with Gasteiger partial charge < -0.3 is 10.0 Å². The van der Waals surface area contributed by atoms with Crippen molar-refractivity contribution in [2.24, 2.45) is 0 Å². The van der Waals surface area contributed by atoms with Crippen LogP contribution < -0.4 is 0 Å². The average molecular weight is 391 g/mol. The fourth-order valence-corrected chi connectivity index (χ4v) is 4.92. The number of thiophene rings is 1. The molecule has 0 saturated carbocycles. The second kappa shape index (κ2) is 6.62. The largest absolute Gasteiger partial charge is 0.376 e. The van der Waals surface area contributed by atoms with Gasteiger partial charge in [0.1, 0.15) is 6.73 Å². The Morgan fingerprint density at radius 3 is 2.57 bits per heavy atom. The van der Waals surface area contributed by atoms with E-state index in [2.05, 4.69) is 36.1 Å². The molecular formula is C22H21N3O2S. The number of carbonyl (C=O) groups is 1. The minimum atomic E-state index is -0.779. The number of benzene rings is 2. The van der Waals surface area contributed by atoms with Gasteiger partial charge >= 0.3 is 0 Å². The Morgan fingerprint density at radius 1 is 1.21 bits per heavy atom. The van der Waals surface area contributed by atoms with Crippen LogP contribution in [0, 0.1) is 17.3 Å². The maximum Gasteiger partial charge on any atom is 0.231 e. The van der Waals surface area contributed by atoms with Gasteiger partial charge in [-0.2, -0.15) is 0 Å². The first kappa shape index (κ1) is 18.5. The van der Waals surface area contributed by atoms with Crippen LogP contribution in [0.2, 0.25) is 0 Å². The average Bonchev–Trinajstić information content (AvgIpc) is 3.04. The number of aliphatic hydroxyl groups excluding tert-OH is 1. The molecular weight excluding hydrogens is 370 g/mol. The zero-order chi connectivity index (χ0) is 20.1. The Hall–Kier alpha value is -2.88. The van der Waals surface area contributed by atoms with E-state index in [9.17, 15) is 9.90 Å². The summed E-state index contributed by atoms with van der Waals surface area (Å²) < 4.78 is 2.35. The summed E-state index contributed by atoms with van der Waals surface area (Å²) in [5, 5.41) is 20.5. The molecule has 5 nitrogen and oxygen atoms in total. The fraction of sp³-hybridized carbons (Fsp3) is 0.273. The summed E-state index contributed by atoms with van der Waals surface area (Å²) in [6, 6.07) is 12.4. The molecule has 4 rings (SSSR count). The van der Waals surface area contributed by atoms with E-state index in [1.165, 1.54) is 9.60 Å². The lowest BCUT2D eigenvalue weighted by molar-refractivity contribution is -0.133. The Morgan fingerprint density at radius 2 is 1.89 bits per heavy atom. The predicted molar refractivity (Wildman–Crippen MR) is 113 cm³/mol. The van der Waals surface area contributed by atoms with E-state index in [-0.39, 0.29) is 25.0 Å². The molecule has 0 radical (unpaired) electrons. The van der Waals surface area contributed by atoms with Gasteiger partial charge in [0.05, 0.1) is 12.0 Å². The lowest BCUT2D eigenvalue weighted by atomic mass is 9.84. The first-order valence-corrected chi connectivity index (χ1v) is 9.84. The quantitative estimate of drug-likeness (QED) is 0.655. The van der Waals surface area contributed by atoms with Gasteiger partial charge in [-0.1, -0.05) is 12.0 Å². The second-order valence-electron chi connectivity index (χ2n) is 7.20. The van der Waals surface area contributed by atoms with Crippen LogP contribution in [-0.4, -0.2) is 40.6 Å². The fourth-order valence-electron chi connectivity index (χ4n) is 3.86. The van der Waals surface area contributed by atoms with Crippen LogP contribution in [-0.2, 0) is 10.3 Å². The van der Waals surface area contributed by atoms with Crippen molar-refractivity contribution in [3.63, 3.8) is 0 Å². The van der Waals surface area contributed by atoms with Crippen molar-refractivity contribution in [3.8, 4) is 11.8 Å². The molecule has 6 heteroatoms. The van der Waals surface area contributed by atoms with Gasteiger partial charge in [-0.05, 0) is 49.7 Å². The maximum absolute atomic E-state index is 12.5. The van der Waals surface area contributed by atoms with Crippen LogP contribution >= 0.6 is 11.3 Å². The number of hydrogen-bond donors (Lipinski definition) is 2. The van der Waals surface area contributed by atoms with Crippen LogP contribution in [0.25, 0.3) is 20.2 Å². The molecule has 2 heterocycles. The van der Waals surface area contributed by atoms with Crippen molar-refractivity contribution in [1.29, 1.82) is 5.41 Å². The van der Waals surface area contributed by atoms with Gasteiger partial charge in [0.15, 0.2) is 0 Å². The minimum Gasteiger partial charge on any atom is -0.376 e. The summed E-state index contributed by atoms with van der Waals surface area (Å²) in [6.45, 7) is 3.41. The minimum absolute atomic E-state index is 0.0111. The standard InChI is InChI=1S/C22H21N3O2S/c1-4-5-14-6-8-18-16(10-14)17-11-15(7-9-19(17)28-18)22(2)12-20(27)24(3)21(23)25(22)13-26/h6-11,23,26H,12-13H2,1-3H3/t22-/m0/s1. The highest BCUT2D eigenvalue weighted by Gasteiger charge is 2.44. The summed E-state index contributed by atoms with van der Waals surface area (Å²) in [7, 11) is 1.57. The number of amides is 1. The van der Waals surface area contributed by atoms with Crippen molar-refractivity contribution in [1.82, 2.24) is 9.80 Å². The van der Waals surface area contributed by atoms with Gasteiger partial charge in [0, 0.05) is 32.8 Å². The molecule has 3 aromatic rings. The summed E-state index contributed by atoms with van der Waals surface area (Å²) >= 11 is 1.72. The Bertz CT molecular complexity index is 1190. The number of hydrogen-bond acceptors (Lipinski definition) is 4. The van der Waals surface area contributed by atoms with E-state index < -0.39 is 5.54 Å². The summed E-state index contributed by atoms with van der Waals surface area (Å²) in [5.41, 5.74) is 1.10. The molecule has 1 aromatic heterocycles. The number of aliphatic hydroxyl groups is 1. The van der Waals surface area contributed by atoms with Crippen molar-refractivity contribution in [2.75, 3.05) is 13.8 Å². The van der Waals surface area contributed by atoms with Crippen LogP contribution in [0.1, 0.15) is 31.4 Å². The molecule has 0 spiro atoms. The number of nitrogens with one attached hydrogen (secondary N) is 1. The second-order valence-corrected chi connectivity index (χ2v) is 8.28. The van der Waals surface area contributed by atoms with Crippen LogP contribution in [0.4, 0.5) is 0 Å². The van der Waals surface area contributed by atoms with Crippen molar-refractivity contribution < 1.29 is 9.90 Å². The van der Waals surface area contributed by atoms with E-state index >= 15 is 0 Å². The molecule has 0 aliphatic carbocycles. The van der Waals surface area contributed by atoms with Gasteiger partial charge in [0.25, 0.3) is 0 Å².